The van der Waals surface area contributed by atoms with Gasteiger partial charge < -0.3 is 15.0 Å². The van der Waals surface area contributed by atoms with Crippen molar-refractivity contribution in [2.75, 3.05) is 20.3 Å². The van der Waals surface area contributed by atoms with E-state index < -0.39 is 0 Å². The number of carbonyl (C=O) groups is 2. The predicted octanol–water partition coefficient (Wildman–Crippen LogP) is 1.32. The maximum Gasteiger partial charge on any atom is 0.245 e. The second-order valence-corrected chi connectivity index (χ2v) is 6.02. The standard InChI is InChI=1S/C15H26N2O3/c1-11-10-13(18)16-14(12-6-4-3-5-7-12)15(19)17(11)8-9-20-2/h11-12,14H,3-10H2,1-2H3,(H,16,18). The van der Waals surface area contributed by atoms with Crippen LogP contribution in [0.3, 0.4) is 0 Å². The second-order valence-electron chi connectivity index (χ2n) is 6.02. The Balaban J connectivity index is 2.12. The van der Waals surface area contributed by atoms with Gasteiger partial charge in [-0.2, -0.15) is 0 Å². The molecule has 2 amide bonds. The fourth-order valence-corrected chi connectivity index (χ4v) is 3.38. The van der Waals surface area contributed by atoms with E-state index in [1.807, 2.05) is 11.8 Å². The predicted molar refractivity (Wildman–Crippen MR) is 76.2 cm³/mol. The molecular weight excluding hydrogens is 256 g/mol. The van der Waals surface area contributed by atoms with Gasteiger partial charge in [-0.3, -0.25) is 9.59 Å². The molecule has 0 spiro atoms. The number of carbonyl (C=O) groups excluding carboxylic acids is 2. The van der Waals surface area contributed by atoms with Crippen molar-refractivity contribution in [1.82, 2.24) is 10.2 Å². The van der Waals surface area contributed by atoms with Gasteiger partial charge in [-0.25, -0.2) is 0 Å². The number of rotatable bonds is 4. The Morgan fingerprint density at radius 3 is 2.60 bits per heavy atom. The minimum atomic E-state index is -0.329. The van der Waals surface area contributed by atoms with Crippen LogP contribution in [0.4, 0.5) is 0 Å². The number of nitrogens with zero attached hydrogens (tertiary/aromatic N) is 1. The van der Waals surface area contributed by atoms with Crippen LogP contribution < -0.4 is 5.32 Å². The fraction of sp³-hybridized carbons (Fsp3) is 0.867. The maximum absolute atomic E-state index is 12.8. The van der Waals surface area contributed by atoms with E-state index in [1.54, 1.807) is 7.11 Å². The minimum absolute atomic E-state index is 0.00124. The molecular formula is C15H26N2O3. The van der Waals surface area contributed by atoms with Gasteiger partial charge in [0.25, 0.3) is 0 Å². The van der Waals surface area contributed by atoms with Crippen LogP contribution in [0.25, 0.3) is 0 Å². The average molecular weight is 282 g/mol. The Morgan fingerprint density at radius 1 is 1.25 bits per heavy atom. The summed E-state index contributed by atoms with van der Waals surface area (Å²) < 4.78 is 5.09. The summed E-state index contributed by atoms with van der Waals surface area (Å²) in [5, 5.41) is 2.96. The molecule has 20 heavy (non-hydrogen) atoms. The summed E-state index contributed by atoms with van der Waals surface area (Å²) >= 11 is 0. The number of nitrogens with one attached hydrogen (secondary N) is 1. The van der Waals surface area contributed by atoms with Crippen molar-refractivity contribution >= 4 is 11.8 Å². The molecule has 1 N–H and O–H groups in total. The van der Waals surface area contributed by atoms with Gasteiger partial charge in [0, 0.05) is 26.1 Å². The first-order chi connectivity index (χ1) is 9.63. The molecule has 0 aromatic carbocycles. The van der Waals surface area contributed by atoms with Crippen molar-refractivity contribution in [3.63, 3.8) is 0 Å². The van der Waals surface area contributed by atoms with Gasteiger partial charge in [-0.15, -0.1) is 0 Å². The van der Waals surface area contributed by atoms with Crippen LogP contribution >= 0.6 is 0 Å². The largest absolute Gasteiger partial charge is 0.383 e. The van der Waals surface area contributed by atoms with Gasteiger partial charge in [0.1, 0.15) is 6.04 Å². The van der Waals surface area contributed by atoms with Gasteiger partial charge >= 0.3 is 0 Å². The molecule has 1 saturated carbocycles. The molecule has 2 unspecified atom stereocenters. The SMILES string of the molecule is COCCN1C(=O)C(C2CCCCC2)NC(=O)CC1C. The summed E-state index contributed by atoms with van der Waals surface area (Å²) in [6, 6.07) is -0.379. The van der Waals surface area contributed by atoms with Crippen molar-refractivity contribution in [2.45, 2.75) is 57.5 Å². The lowest BCUT2D eigenvalue weighted by Crippen LogP contribution is -2.51. The quantitative estimate of drug-likeness (QED) is 0.846. The zero-order valence-electron chi connectivity index (χ0n) is 12.6. The Hall–Kier alpha value is -1.10. The third-order valence-corrected chi connectivity index (χ3v) is 4.54. The highest BCUT2D eigenvalue weighted by Gasteiger charge is 2.38. The summed E-state index contributed by atoms with van der Waals surface area (Å²) in [5.74, 6) is 0.379. The smallest absolute Gasteiger partial charge is 0.245 e. The van der Waals surface area contributed by atoms with Crippen LogP contribution in [0.5, 0.6) is 0 Å². The summed E-state index contributed by atoms with van der Waals surface area (Å²) in [7, 11) is 1.63. The minimum Gasteiger partial charge on any atom is -0.383 e. The third-order valence-electron chi connectivity index (χ3n) is 4.54. The van der Waals surface area contributed by atoms with Crippen molar-refractivity contribution in [1.29, 1.82) is 0 Å². The van der Waals surface area contributed by atoms with E-state index in [0.717, 1.165) is 25.7 Å². The van der Waals surface area contributed by atoms with Crippen LogP contribution in [0.1, 0.15) is 45.4 Å². The Labute approximate surface area is 121 Å². The number of amides is 2. The van der Waals surface area contributed by atoms with Crippen molar-refractivity contribution < 1.29 is 14.3 Å². The molecule has 1 saturated heterocycles. The van der Waals surface area contributed by atoms with E-state index in [0.29, 0.717) is 25.5 Å². The monoisotopic (exact) mass is 282 g/mol. The molecule has 0 bridgehead atoms. The molecule has 114 valence electrons. The Bertz CT molecular complexity index is 353. The zero-order valence-corrected chi connectivity index (χ0v) is 12.6. The Morgan fingerprint density at radius 2 is 1.95 bits per heavy atom. The molecule has 1 aliphatic carbocycles. The normalized spacial score (nSPS) is 29.2. The van der Waals surface area contributed by atoms with Gasteiger partial charge in [-0.1, -0.05) is 19.3 Å². The van der Waals surface area contributed by atoms with Gasteiger partial charge in [-0.05, 0) is 25.7 Å². The molecule has 0 radical (unpaired) electrons. The molecule has 2 fully saturated rings. The van der Waals surface area contributed by atoms with Crippen LogP contribution in [0.2, 0.25) is 0 Å². The molecule has 0 aromatic heterocycles. The van der Waals surface area contributed by atoms with E-state index >= 15 is 0 Å². The molecule has 1 heterocycles. The number of hydrogen-bond donors (Lipinski definition) is 1. The first-order valence-corrected chi connectivity index (χ1v) is 7.72. The summed E-state index contributed by atoms with van der Waals surface area (Å²) in [5.41, 5.74) is 0. The van der Waals surface area contributed by atoms with Gasteiger partial charge in [0.2, 0.25) is 11.8 Å². The third kappa shape index (κ3) is 3.51. The summed E-state index contributed by atoms with van der Waals surface area (Å²) in [6.07, 6.45) is 6.05. The number of hydrogen-bond acceptors (Lipinski definition) is 3. The fourth-order valence-electron chi connectivity index (χ4n) is 3.38. The molecule has 1 aliphatic heterocycles. The van der Waals surface area contributed by atoms with Crippen LogP contribution in [0.15, 0.2) is 0 Å². The highest BCUT2D eigenvalue weighted by atomic mass is 16.5. The van der Waals surface area contributed by atoms with Crippen molar-refractivity contribution in [2.24, 2.45) is 5.92 Å². The molecule has 2 rings (SSSR count). The lowest BCUT2D eigenvalue weighted by Gasteiger charge is -2.33. The summed E-state index contributed by atoms with van der Waals surface area (Å²) in [4.78, 5) is 26.6. The lowest BCUT2D eigenvalue weighted by atomic mass is 9.83. The highest BCUT2D eigenvalue weighted by Crippen LogP contribution is 2.29. The van der Waals surface area contributed by atoms with E-state index in [9.17, 15) is 9.59 Å². The molecule has 2 atom stereocenters. The van der Waals surface area contributed by atoms with Crippen LogP contribution in [-0.4, -0.2) is 49.1 Å². The first kappa shape index (κ1) is 15.3. The molecule has 2 aliphatic rings. The van der Waals surface area contributed by atoms with Gasteiger partial charge in [0.15, 0.2) is 0 Å². The van der Waals surface area contributed by atoms with E-state index in [4.69, 9.17) is 4.74 Å². The van der Waals surface area contributed by atoms with Crippen LogP contribution in [-0.2, 0) is 14.3 Å². The molecule has 0 aromatic rings. The van der Waals surface area contributed by atoms with E-state index in [2.05, 4.69) is 5.32 Å². The topological polar surface area (TPSA) is 58.6 Å². The van der Waals surface area contributed by atoms with E-state index in [1.165, 1.54) is 6.42 Å². The summed E-state index contributed by atoms with van der Waals surface area (Å²) in [6.45, 7) is 3.02. The maximum atomic E-state index is 12.8. The Kier molecular flexibility index (Phi) is 5.40. The number of methoxy groups -OCH3 is 1. The van der Waals surface area contributed by atoms with Crippen LogP contribution in [0, 0.1) is 5.92 Å². The number of ether oxygens (including phenoxy) is 1. The van der Waals surface area contributed by atoms with E-state index in [-0.39, 0.29) is 23.9 Å². The zero-order chi connectivity index (χ0) is 14.5. The second kappa shape index (κ2) is 7.07. The lowest BCUT2D eigenvalue weighted by molar-refractivity contribution is -0.137. The van der Waals surface area contributed by atoms with Crippen molar-refractivity contribution in [3.8, 4) is 0 Å². The average Bonchev–Trinajstić information content (AvgIpc) is 2.55. The highest BCUT2D eigenvalue weighted by molar-refractivity contribution is 5.90. The first-order valence-electron chi connectivity index (χ1n) is 7.72. The molecule has 5 nitrogen and oxygen atoms in total. The molecule has 5 heteroatoms. The van der Waals surface area contributed by atoms with Gasteiger partial charge in [0.05, 0.1) is 6.61 Å². The van der Waals surface area contributed by atoms with Crippen molar-refractivity contribution in [3.05, 3.63) is 0 Å².